The first kappa shape index (κ1) is 24.6. The van der Waals surface area contributed by atoms with Gasteiger partial charge in [-0.3, -0.25) is 4.79 Å². The SMILES string of the molecule is CCOc1ccc(Cc2oc3ccccc3c2C(=O)c2ccc(OCCN(CC)CC)cc2)cc1. The largest absolute Gasteiger partial charge is 0.494 e. The molecule has 1 heterocycles. The number of hydrogen-bond acceptors (Lipinski definition) is 5. The lowest BCUT2D eigenvalue weighted by atomic mass is 9.97. The van der Waals surface area contributed by atoms with Gasteiger partial charge in [0.15, 0.2) is 5.78 Å². The summed E-state index contributed by atoms with van der Waals surface area (Å²) in [6.45, 7) is 10.4. The molecule has 4 aromatic rings. The van der Waals surface area contributed by atoms with E-state index in [1.165, 1.54) is 0 Å². The second kappa shape index (κ2) is 11.7. The Morgan fingerprint density at radius 1 is 0.829 bits per heavy atom. The van der Waals surface area contributed by atoms with Gasteiger partial charge in [-0.2, -0.15) is 0 Å². The Kier molecular flexibility index (Phi) is 8.22. The van der Waals surface area contributed by atoms with Crippen LogP contribution in [0.5, 0.6) is 11.5 Å². The van der Waals surface area contributed by atoms with E-state index in [0.717, 1.165) is 42.1 Å². The molecular weight excluding hydrogens is 438 g/mol. The minimum absolute atomic E-state index is 0.0504. The Hall–Kier alpha value is -3.57. The highest BCUT2D eigenvalue weighted by Gasteiger charge is 2.22. The standard InChI is InChI=1S/C30H33NO4/c1-4-31(5-2)19-20-34-25-17-13-23(14-18-25)30(32)29-26-9-7-8-10-27(26)35-28(29)21-22-11-15-24(16-12-22)33-6-3/h7-18H,4-6,19-21H2,1-3H3. The van der Waals surface area contributed by atoms with Crippen molar-refractivity contribution >= 4 is 16.8 Å². The number of fused-ring (bicyclic) bond motifs is 1. The number of furan rings is 1. The number of ketones is 1. The van der Waals surface area contributed by atoms with Crippen molar-refractivity contribution in [2.45, 2.75) is 27.2 Å². The van der Waals surface area contributed by atoms with Crippen molar-refractivity contribution < 1.29 is 18.7 Å². The molecule has 0 aliphatic heterocycles. The number of nitrogens with zero attached hydrogens (tertiary/aromatic N) is 1. The molecule has 0 N–H and O–H groups in total. The van der Waals surface area contributed by atoms with E-state index in [1.54, 1.807) is 0 Å². The maximum atomic E-state index is 13.6. The van der Waals surface area contributed by atoms with Gasteiger partial charge in [0.05, 0.1) is 12.2 Å². The molecule has 0 aliphatic rings. The van der Waals surface area contributed by atoms with Gasteiger partial charge >= 0.3 is 0 Å². The van der Waals surface area contributed by atoms with Crippen molar-refractivity contribution in [1.29, 1.82) is 0 Å². The van der Waals surface area contributed by atoms with Gasteiger partial charge in [0.2, 0.25) is 0 Å². The smallest absolute Gasteiger partial charge is 0.197 e. The number of benzene rings is 3. The molecule has 1 aromatic heterocycles. The molecule has 0 aliphatic carbocycles. The van der Waals surface area contributed by atoms with Crippen LogP contribution >= 0.6 is 0 Å². The second-order valence-corrected chi connectivity index (χ2v) is 8.38. The van der Waals surface area contributed by atoms with Crippen molar-refractivity contribution in [3.05, 3.63) is 95.2 Å². The van der Waals surface area contributed by atoms with Gasteiger partial charge < -0.3 is 18.8 Å². The molecule has 182 valence electrons. The molecule has 5 heteroatoms. The summed E-state index contributed by atoms with van der Waals surface area (Å²) in [7, 11) is 0. The molecule has 0 atom stereocenters. The highest BCUT2D eigenvalue weighted by molar-refractivity contribution is 6.16. The van der Waals surface area contributed by atoms with Crippen LogP contribution in [0.4, 0.5) is 0 Å². The molecule has 0 unspecified atom stereocenters. The number of likely N-dealkylation sites (N-methyl/N-ethyl adjacent to an activating group) is 1. The Morgan fingerprint density at radius 3 is 2.17 bits per heavy atom. The number of carbonyl (C=O) groups excluding carboxylic acids is 1. The van der Waals surface area contributed by atoms with Crippen LogP contribution < -0.4 is 9.47 Å². The first-order chi connectivity index (χ1) is 17.1. The summed E-state index contributed by atoms with van der Waals surface area (Å²) in [5.41, 5.74) is 3.00. The second-order valence-electron chi connectivity index (χ2n) is 8.38. The third-order valence-electron chi connectivity index (χ3n) is 6.18. The highest BCUT2D eigenvalue weighted by Crippen LogP contribution is 2.30. The van der Waals surface area contributed by atoms with E-state index in [9.17, 15) is 4.79 Å². The lowest BCUT2D eigenvalue weighted by Crippen LogP contribution is -2.27. The normalized spacial score (nSPS) is 11.2. The van der Waals surface area contributed by atoms with Gasteiger partial charge in [0.1, 0.15) is 29.4 Å². The highest BCUT2D eigenvalue weighted by atomic mass is 16.5. The Balaban J connectivity index is 1.55. The maximum Gasteiger partial charge on any atom is 0.197 e. The number of carbonyl (C=O) groups is 1. The van der Waals surface area contributed by atoms with E-state index in [0.29, 0.717) is 42.1 Å². The van der Waals surface area contributed by atoms with Crippen LogP contribution in [0.25, 0.3) is 11.0 Å². The van der Waals surface area contributed by atoms with Crippen LogP contribution in [0.15, 0.2) is 77.2 Å². The van der Waals surface area contributed by atoms with Crippen LogP contribution in [0, 0.1) is 0 Å². The van der Waals surface area contributed by atoms with Gasteiger partial charge in [0, 0.05) is 23.9 Å². The average molecular weight is 472 g/mol. The van der Waals surface area contributed by atoms with Gasteiger partial charge in [-0.1, -0.05) is 44.2 Å². The van der Waals surface area contributed by atoms with Crippen molar-refractivity contribution in [3.8, 4) is 11.5 Å². The van der Waals surface area contributed by atoms with Gasteiger partial charge in [-0.25, -0.2) is 0 Å². The van der Waals surface area contributed by atoms with Crippen molar-refractivity contribution in [2.75, 3.05) is 32.8 Å². The summed E-state index contributed by atoms with van der Waals surface area (Å²) in [5.74, 6) is 2.21. The molecule has 0 spiro atoms. The molecule has 35 heavy (non-hydrogen) atoms. The summed E-state index contributed by atoms with van der Waals surface area (Å²) < 4.78 is 17.6. The molecule has 0 fully saturated rings. The van der Waals surface area contributed by atoms with Crippen molar-refractivity contribution in [1.82, 2.24) is 4.90 Å². The van der Waals surface area contributed by atoms with E-state index in [-0.39, 0.29) is 5.78 Å². The first-order valence-electron chi connectivity index (χ1n) is 12.3. The Labute approximate surface area is 207 Å². The van der Waals surface area contributed by atoms with Crippen LogP contribution in [-0.4, -0.2) is 43.5 Å². The first-order valence-corrected chi connectivity index (χ1v) is 12.3. The predicted molar refractivity (Wildman–Crippen MR) is 140 cm³/mol. The molecule has 4 rings (SSSR count). The molecule has 0 amide bonds. The molecule has 0 bridgehead atoms. The van der Waals surface area contributed by atoms with Crippen LogP contribution in [0.3, 0.4) is 0 Å². The van der Waals surface area contributed by atoms with Crippen molar-refractivity contribution in [3.63, 3.8) is 0 Å². The minimum atomic E-state index is -0.0504. The molecule has 5 nitrogen and oxygen atoms in total. The molecular formula is C30H33NO4. The minimum Gasteiger partial charge on any atom is -0.494 e. The molecule has 0 radical (unpaired) electrons. The summed E-state index contributed by atoms with van der Waals surface area (Å²) >= 11 is 0. The van der Waals surface area contributed by atoms with E-state index in [2.05, 4.69) is 18.7 Å². The van der Waals surface area contributed by atoms with E-state index >= 15 is 0 Å². The fourth-order valence-corrected chi connectivity index (χ4v) is 4.20. The van der Waals surface area contributed by atoms with E-state index in [1.807, 2.05) is 79.7 Å². The number of hydrogen-bond donors (Lipinski definition) is 0. The third-order valence-corrected chi connectivity index (χ3v) is 6.18. The molecule has 0 saturated heterocycles. The topological polar surface area (TPSA) is 51.9 Å². The number of para-hydroxylation sites is 1. The summed E-state index contributed by atoms with van der Waals surface area (Å²) in [5, 5.41) is 0.831. The van der Waals surface area contributed by atoms with E-state index < -0.39 is 0 Å². The summed E-state index contributed by atoms with van der Waals surface area (Å²) in [4.78, 5) is 15.9. The van der Waals surface area contributed by atoms with Gasteiger partial charge in [-0.05, 0) is 68.0 Å². The summed E-state index contributed by atoms with van der Waals surface area (Å²) in [6.07, 6.45) is 0.523. The predicted octanol–water partition coefficient (Wildman–Crippen LogP) is 6.37. The van der Waals surface area contributed by atoms with E-state index in [4.69, 9.17) is 13.9 Å². The molecule has 3 aromatic carbocycles. The van der Waals surface area contributed by atoms with Crippen LogP contribution in [0.1, 0.15) is 48.0 Å². The molecule has 0 saturated carbocycles. The van der Waals surface area contributed by atoms with Crippen LogP contribution in [0.2, 0.25) is 0 Å². The Morgan fingerprint density at radius 2 is 1.49 bits per heavy atom. The zero-order chi connectivity index (χ0) is 24.6. The van der Waals surface area contributed by atoms with Crippen molar-refractivity contribution in [2.24, 2.45) is 0 Å². The Bertz CT molecular complexity index is 1240. The van der Waals surface area contributed by atoms with Gasteiger partial charge in [0.25, 0.3) is 0 Å². The average Bonchev–Trinajstić information content (AvgIpc) is 3.25. The quantitative estimate of drug-likeness (QED) is 0.225. The monoisotopic (exact) mass is 471 g/mol. The lowest BCUT2D eigenvalue weighted by Gasteiger charge is -2.18. The maximum absolute atomic E-state index is 13.6. The fourth-order valence-electron chi connectivity index (χ4n) is 4.20. The van der Waals surface area contributed by atoms with Crippen LogP contribution in [-0.2, 0) is 6.42 Å². The number of rotatable bonds is 12. The number of ether oxygens (including phenoxy) is 2. The van der Waals surface area contributed by atoms with Gasteiger partial charge in [-0.15, -0.1) is 0 Å². The zero-order valence-corrected chi connectivity index (χ0v) is 20.8. The zero-order valence-electron chi connectivity index (χ0n) is 20.8. The third kappa shape index (κ3) is 5.92. The lowest BCUT2D eigenvalue weighted by molar-refractivity contribution is 0.103. The summed E-state index contributed by atoms with van der Waals surface area (Å²) in [6, 6.07) is 23.0. The fraction of sp³-hybridized carbons (Fsp3) is 0.300.